The van der Waals surface area contributed by atoms with Crippen LogP contribution < -0.4 is 4.52 Å². The minimum Gasteiger partial charge on any atom is -0.427 e. The smallest absolute Gasteiger partial charge is 0.391 e. The van der Waals surface area contributed by atoms with Gasteiger partial charge in [0.1, 0.15) is 5.75 Å². The van der Waals surface area contributed by atoms with Crippen LogP contribution in [0.4, 0.5) is 0 Å². The van der Waals surface area contributed by atoms with E-state index in [0.717, 1.165) is 37.7 Å². The van der Waals surface area contributed by atoms with Crippen LogP contribution in [0.3, 0.4) is 0 Å². The molecule has 0 unspecified atom stereocenters. The molecule has 1 aromatic carbocycles. The van der Waals surface area contributed by atoms with Crippen molar-refractivity contribution < 1.29 is 14.3 Å². The summed E-state index contributed by atoms with van der Waals surface area (Å²) in [4.78, 5) is 17.9. The second kappa shape index (κ2) is 7.65. The van der Waals surface area contributed by atoms with Crippen molar-refractivity contribution in [1.29, 1.82) is 0 Å². The topological polar surface area (TPSA) is 49.7 Å². The molecule has 0 saturated heterocycles. The molecule has 0 atom stereocenters. The van der Waals surface area contributed by atoms with Crippen LogP contribution in [-0.2, 0) is 12.8 Å². The van der Waals surface area contributed by atoms with Gasteiger partial charge in [-0.3, -0.25) is 0 Å². The molecule has 96 valence electrons. The van der Waals surface area contributed by atoms with Crippen molar-refractivity contribution in [2.24, 2.45) is 0 Å². The summed E-state index contributed by atoms with van der Waals surface area (Å²) in [5.41, 5.74) is 2.39. The highest BCUT2D eigenvalue weighted by Gasteiger charge is 2.11. The minimum absolute atomic E-state index is 0.622. The third kappa shape index (κ3) is 4.63. The summed E-state index contributed by atoms with van der Waals surface area (Å²) in [6.07, 6.45) is 5.26. The van der Waals surface area contributed by atoms with Crippen LogP contribution in [-0.4, -0.2) is 9.79 Å². The molecule has 1 rings (SSSR count). The molecule has 0 aliphatic carbocycles. The fraction of sp³-hybridized carbons (Fsp3) is 0.538. The summed E-state index contributed by atoms with van der Waals surface area (Å²) < 4.78 is 5.09. The van der Waals surface area contributed by atoms with Crippen molar-refractivity contribution in [3.8, 4) is 5.75 Å². The van der Waals surface area contributed by atoms with E-state index in [1.807, 2.05) is 12.1 Å². The molecule has 17 heavy (non-hydrogen) atoms. The SMILES string of the molecule is CCCCc1cccc(OP(O)O)c1CCC. The van der Waals surface area contributed by atoms with Crippen LogP contribution in [0.5, 0.6) is 5.75 Å². The summed E-state index contributed by atoms with van der Waals surface area (Å²) in [6.45, 7) is 4.28. The highest BCUT2D eigenvalue weighted by molar-refractivity contribution is 7.39. The average Bonchev–Trinajstić information content (AvgIpc) is 2.29. The van der Waals surface area contributed by atoms with Crippen molar-refractivity contribution in [1.82, 2.24) is 0 Å². The number of hydrogen-bond donors (Lipinski definition) is 2. The first-order chi connectivity index (χ1) is 8.19. The van der Waals surface area contributed by atoms with E-state index in [1.54, 1.807) is 0 Å². The van der Waals surface area contributed by atoms with E-state index in [0.29, 0.717) is 5.75 Å². The Morgan fingerprint density at radius 1 is 1.12 bits per heavy atom. The molecule has 0 heterocycles. The molecule has 0 saturated carbocycles. The highest BCUT2D eigenvalue weighted by atomic mass is 31.2. The lowest BCUT2D eigenvalue weighted by molar-refractivity contribution is 0.373. The fourth-order valence-electron chi connectivity index (χ4n) is 1.92. The molecule has 0 radical (unpaired) electrons. The number of rotatable bonds is 7. The van der Waals surface area contributed by atoms with Crippen LogP contribution in [0.1, 0.15) is 44.2 Å². The van der Waals surface area contributed by atoms with Gasteiger partial charge in [0, 0.05) is 0 Å². The molecule has 1 aromatic rings. The van der Waals surface area contributed by atoms with Gasteiger partial charge < -0.3 is 14.3 Å². The van der Waals surface area contributed by atoms with Gasteiger partial charge in [0.15, 0.2) is 0 Å². The zero-order valence-corrected chi connectivity index (χ0v) is 11.4. The lowest BCUT2D eigenvalue weighted by atomic mass is 9.98. The zero-order valence-electron chi connectivity index (χ0n) is 10.5. The summed E-state index contributed by atoms with van der Waals surface area (Å²) in [5, 5.41) is 0. The Morgan fingerprint density at radius 2 is 1.88 bits per heavy atom. The first-order valence-electron chi connectivity index (χ1n) is 6.15. The van der Waals surface area contributed by atoms with Crippen molar-refractivity contribution in [2.45, 2.75) is 46.0 Å². The van der Waals surface area contributed by atoms with Gasteiger partial charge in [0.2, 0.25) is 0 Å². The molecule has 0 bridgehead atoms. The monoisotopic (exact) mass is 256 g/mol. The number of benzene rings is 1. The Bertz CT molecular complexity index is 339. The molecular weight excluding hydrogens is 235 g/mol. The Hall–Kier alpha value is -0.630. The van der Waals surface area contributed by atoms with Crippen LogP contribution >= 0.6 is 8.60 Å². The van der Waals surface area contributed by atoms with Crippen LogP contribution in [0.25, 0.3) is 0 Å². The van der Waals surface area contributed by atoms with Gasteiger partial charge in [-0.05, 0) is 36.5 Å². The highest BCUT2D eigenvalue weighted by Crippen LogP contribution is 2.34. The summed E-state index contributed by atoms with van der Waals surface area (Å²) >= 11 is 0. The van der Waals surface area contributed by atoms with E-state index in [9.17, 15) is 0 Å². The largest absolute Gasteiger partial charge is 0.427 e. The molecule has 2 N–H and O–H groups in total. The quantitative estimate of drug-likeness (QED) is 0.733. The molecule has 3 nitrogen and oxygen atoms in total. The van der Waals surface area contributed by atoms with Gasteiger partial charge in [-0.15, -0.1) is 0 Å². The van der Waals surface area contributed by atoms with Crippen molar-refractivity contribution in [3.05, 3.63) is 29.3 Å². The summed E-state index contributed by atoms with van der Waals surface area (Å²) in [6, 6.07) is 5.82. The van der Waals surface area contributed by atoms with E-state index >= 15 is 0 Å². The van der Waals surface area contributed by atoms with Gasteiger partial charge >= 0.3 is 8.60 Å². The van der Waals surface area contributed by atoms with Gasteiger partial charge in [0.05, 0.1) is 0 Å². The molecular formula is C13H21O3P. The molecule has 0 spiro atoms. The first-order valence-corrected chi connectivity index (χ1v) is 7.32. The predicted octanol–water partition coefficient (Wildman–Crippen LogP) is 3.57. The van der Waals surface area contributed by atoms with Gasteiger partial charge in [-0.1, -0.05) is 38.8 Å². The number of hydrogen-bond acceptors (Lipinski definition) is 3. The molecule has 0 aliphatic rings. The lowest BCUT2D eigenvalue weighted by Gasteiger charge is -2.15. The molecule has 0 amide bonds. The van der Waals surface area contributed by atoms with Crippen LogP contribution in [0.15, 0.2) is 18.2 Å². The summed E-state index contributed by atoms with van der Waals surface area (Å²) in [7, 11) is -2.33. The molecule has 4 heteroatoms. The lowest BCUT2D eigenvalue weighted by Crippen LogP contribution is -1.98. The van der Waals surface area contributed by atoms with Gasteiger partial charge in [-0.25, -0.2) is 0 Å². The fourth-order valence-corrected chi connectivity index (χ4v) is 2.27. The maximum absolute atomic E-state index is 8.96. The maximum atomic E-state index is 8.96. The van der Waals surface area contributed by atoms with E-state index in [1.165, 1.54) is 5.56 Å². The van der Waals surface area contributed by atoms with E-state index in [4.69, 9.17) is 14.3 Å². The Morgan fingerprint density at radius 3 is 2.47 bits per heavy atom. The molecule has 0 fully saturated rings. The average molecular weight is 256 g/mol. The Labute approximate surface area is 104 Å². The van der Waals surface area contributed by atoms with E-state index < -0.39 is 8.60 Å². The van der Waals surface area contributed by atoms with Crippen LogP contribution in [0.2, 0.25) is 0 Å². The van der Waals surface area contributed by atoms with Crippen molar-refractivity contribution in [2.75, 3.05) is 0 Å². The minimum atomic E-state index is -2.33. The third-order valence-electron chi connectivity index (χ3n) is 2.71. The Kier molecular flexibility index (Phi) is 6.49. The van der Waals surface area contributed by atoms with Gasteiger partial charge in [-0.2, -0.15) is 0 Å². The third-order valence-corrected chi connectivity index (χ3v) is 3.07. The summed E-state index contributed by atoms with van der Waals surface area (Å²) in [5.74, 6) is 0.622. The number of unbranched alkanes of at least 4 members (excludes halogenated alkanes) is 1. The van der Waals surface area contributed by atoms with Gasteiger partial charge in [0.25, 0.3) is 0 Å². The predicted molar refractivity (Wildman–Crippen MR) is 71.0 cm³/mol. The Balaban J connectivity index is 2.94. The number of aryl methyl sites for hydroxylation is 1. The second-order valence-corrected chi connectivity index (χ2v) is 4.78. The normalized spacial score (nSPS) is 10.9. The van der Waals surface area contributed by atoms with Crippen LogP contribution in [0, 0.1) is 0 Å². The zero-order chi connectivity index (χ0) is 12.7. The van der Waals surface area contributed by atoms with E-state index in [2.05, 4.69) is 19.9 Å². The van der Waals surface area contributed by atoms with Crippen molar-refractivity contribution >= 4 is 8.60 Å². The standard InChI is InChI=1S/C13H21O3P/c1-3-5-8-11-9-6-10-13(16-17(14)15)12(11)7-4-2/h6,9-10,14-15H,3-5,7-8H2,1-2H3. The molecule has 0 aromatic heterocycles. The first kappa shape index (κ1) is 14.4. The second-order valence-electron chi connectivity index (χ2n) is 4.09. The van der Waals surface area contributed by atoms with Crippen molar-refractivity contribution in [3.63, 3.8) is 0 Å². The van der Waals surface area contributed by atoms with E-state index in [-0.39, 0.29) is 0 Å². The maximum Gasteiger partial charge on any atom is 0.391 e. The molecule has 0 aliphatic heterocycles.